The maximum atomic E-state index is 10.8. The maximum Gasteiger partial charge on any atom is 0.293 e. The predicted molar refractivity (Wildman–Crippen MR) is 120 cm³/mol. The average Bonchev–Trinajstić information content (AvgIpc) is 2.80. The highest BCUT2D eigenvalue weighted by molar-refractivity contribution is 6.64. The molecule has 1 radical (unpaired) electrons. The van der Waals surface area contributed by atoms with Crippen molar-refractivity contribution in [3.8, 4) is 17.0 Å². The quantitative estimate of drug-likeness (QED) is 0.480. The third kappa shape index (κ3) is 4.86. The van der Waals surface area contributed by atoms with E-state index in [1.807, 2.05) is 48.5 Å². The summed E-state index contributed by atoms with van der Waals surface area (Å²) in [4.78, 5) is 22.5. The number of benzene rings is 2. The predicted octanol–water partition coefficient (Wildman–Crippen LogP) is 3.88. The van der Waals surface area contributed by atoms with Crippen LogP contribution in [-0.2, 0) is 4.79 Å². The van der Waals surface area contributed by atoms with Gasteiger partial charge in [-0.15, -0.1) is 0 Å². The average molecular weight is 399 g/mol. The fraction of sp³-hybridized carbons (Fsp3) is 0.261. The first-order valence-electron chi connectivity index (χ1n) is 10.1. The molecule has 1 aliphatic heterocycles. The first kappa shape index (κ1) is 20.1. The largest absolute Gasteiger partial charge is 0.497 e. The molecule has 151 valence electrons. The Bertz CT molecular complexity index is 992. The van der Waals surface area contributed by atoms with E-state index in [1.54, 1.807) is 14.5 Å². The lowest BCUT2D eigenvalue weighted by atomic mass is 9.87. The van der Waals surface area contributed by atoms with Gasteiger partial charge in [0.15, 0.2) is 0 Å². The lowest BCUT2D eigenvalue weighted by molar-refractivity contribution is 0.324. The molecule has 0 unspecified atom stereocenters. The number of methoxy groups -OCH3 is 1. The number of piperidine rings is 1. The van der Waals surface area contributed by atoms with Gasteiger partial charge in [0.1, 0.15) is 17.4 Å². The number of anilines is 2. The fourth-order valence-electron chi connectivity index (χ4n) is 3.71. The molecule has 0 spiro atoms. The summed E-state index contributed by atoms with van der Waals surface area (Å²) in [5.74, 6) is 2.65. The van der Waals surface area contributed by atoms with Gasteiger partial charge in [-0.05, 0) is 38.1 Å². The molecule has 1 N–H and O–H groups in total. The van der Waals surface area contributed by atoms with Gasteiger partial charge in [0, 0.05) is 29.3 Å². The zero-order chi connectivity index (χ0) is 20.8. The second kappa shape index (κ2) is 9.54. The number of carbonyl (C=O) groups is 1. The number of nitrogens with one attached hydrogen (secondary N) is 1. The minimum absolute atomic E-state index is 0.260. The monoisotopic (exact) mass is 399 g/mol. The lowest BCUT2D eigenvalue weighted by Crippen LogP contribution is -2.36. The van der Waals surface area contributed by atoms with E-state index in [0.29, 0.717) is 0 Å². The van der Waals surface area contributed by atoms with Crippen LogP contribution in [0.5, 0.6) is 5.75 Å². The van der Waals surface area contributed by atoms with Crippen LogP contribution in [0.25, 0.3) is 11.3 Å². The van der Waals surface area contributed by atoms with Gasteiger partial charge in [0.25, 0.3) is 7.41 Å². The van der Waals surface area contributed by atoms with Crippen molar-refractivity contribution in [2.75, 3.05) is 25.5 Å². The molecule has 30 heavy (non-hydrogen) atoms. The number of carbonyl (C=O) groups excluding carboxylic acids is 1. The number of hydrogen-bond acceptors (Lipinski definition) is 6. The number of rotatable bonds is 7. The summed E-state index contributed by atoms with van der Waals surface area (Å²) in [6.45, 7) is 1.67. The molecule has 1 saturated heterocycles. The summed E-state index contributed by atoms with van der Waals surface area (Å²) in [5, 5.41) is 3.40. The molecule has 1 aliphatic rings. The van der Waals surface area contributed by atoms with Crippen LogP contribution >= 0.6 is 0 Å². The molecule has 1 aromatic heterocycles. The van der Waals surface area contributed by atoms with Gasteiger partial charge < -0.3 is 19.7 Å². The number of ether oxygens (including phenoxy) is 1. The van der Waals surface area contributed by atoms with Crippen LogP contribution in [0.1, 0.15) is 24.6 Å². The molecule has 2 aromatic carbocycles. The van der Waals surface area contributed by atoms with Crippen LogP contribution in [0.4, 0.5) is 11.5 Å². The molecule has 6 nitrogen and oxygen atoms in total. The first-order chi connectivity index (χ1) is 14.7. The normalized spacial score (nSPS) is 14.8. The zero-order valence-corrected chi connectivity index (χ0v) is 17.0. The Kier molecular flexibility index (Phi) is 6.39. The maximum absolute atomic E-state index is 10.8. The third-order valence-electron chi connectivity index (χ3n) is 5.32. The highest BCUT2D eigenvalue weighted by atomic mass is 16.5. The zero-order valence-electron chi connectivity index (χ0n) is 17.0. The summed E-state index contributed by atoms with van der Waals surface area (Å²) in [6.07, 6.45) is 2.69. The Balaban J connectivity index is 1.64. The molecule has 0 atom stereocenters. The van der Waals surface area contributed by atoms with E-state index in [4.69, 9.17) is 14.7 Å². The molecule has 2 heterocycles. The van der Waals surface area contributed by atoms with Gasteiger partial charge in [0.05, 0.1) is 19.0 Å². The van der Waals surface area contributed by atoms with E-state index in [9.17, 15) is 4.79 Å². The van der Waals surface area contributed by atoms with Gasteiger partial charge >= 0.3 is 0 Å². The van der Waals surface area contributed by atoms with Crippen molar-refractivity contribution < 1.29 is 9.53 Å². The molecule has 3 aromatic rings. The van der Waals surface area contributed by atoms with Crippen LogP contribution in [-0.4, -0.2) is 48.6 Å². The second-order valence-electron chi connectivity index (χ2n) is 7.32. The Morgan fingerprint density at radius 1 is 1.07 bits per heavy atom. The van der Waals surface area contributed by atoms with Crippen LogP contribution in [0.2, 0.25) is 0 Å². The Morgan fingerprint density at radius 2 is 1.87 bits per heavy atom. The van der Waals surface area contributed by atoms with Crippen molar-refractivity contribution >= 4 is 25.1 Å². The van der Waals surface area contributed by atoms with E-state index in [2.05, 4.69) is 22.3 Å². The number of nitrogens with zero attached hydrogens (tertiary/aromatic N) is 3. The standard InChI is InChI=1S/C23H24BN4O2/c1-30-20-9-5-8-19(14-20)25-22-15-21(17-6-3-2-4-7-17)26-23(27-22)18-10-12-28(13-11-18)24-16-29/h2-9,14-16,18H,10-13H2,1H3,(H,25,26,27). The van der Waals surface area contributed by atoms with Gasteiger partial charge in [-0.1, -0.05) is 36.4 Å². The van der Waals surface area contributed by atoms with E-state index in [0.717, 1.165) is 66.5 Å². The van der Waals surface area contributed by atoms with Crippen molar-refractivity contribution in [3.63, 3.8) is 0 Å². The molecule has 0 saturated carbocycles. The second-order valence-corrected chi connectivity index (χ2v) is 7.32. The van der Waals surface area contributed by atoms with Crippen molar-refractivity contribution in [2.45, 2.75) is 18.8 Å². The van der Waals surface area contributed by atoms with Crippen LogP contribution < -0.4 is 10.1 Å². The summed E-state index contributed by atoms with van der Waals surface area (Å²) in [6, 6.07) is 19.9. The van der Waals surface area contributed by atoms with Gasteiger partial charge in [-0.2, -0.15) is 0 Å². The molecule has 0 amide bonds. The molecule has 7 heteroatoms. The van der Waals surface area contributed by atoms with E-state index in [1.165, 1.54) is 0 Å². The minimum atomic E-state index is 0.260. The van der Waals surface area contributed by atoms with Gasteiger partial charge in [-0.25, -0.2) is 9.97 Å². The summed E-state index contributed by atoms with van der Waals surface area (Å²) >= 11 is 0. The molecular formula is C23H24BN4O2. The van der Waals surface area contributed by atoms with Crippen molar-refractivity contribution in [3.05, 3.63) is 66.5 Å². The van der Waals surface area contributed by atoms with Crippen molar-refractivity contribution in [1.82, 2.24) is 14.8 Å². The topological polar surface area (TPSA) is 67.3 Å². The Hall–Kier alpha value is -3.19. The third-order valence-corrected chi connectivity index (χ3v) is 5.32. The molecular weight excluding hydrogens is 375 g/mol. The van der Waals surface area contributed by atoms with Crippen LogP contribution in [0.15, 0.2) is 60.7 Å². The van der Waals surface area contributed by atoms with Crippen LogP contribution in [0.3, 0.4) is 0 Å². The summed E-state index contributed by atoms with van der Waals surface area (Å²) < 4.78 is 5.33. The molecule has 4 rings (SSSR count). The number of aromatic nitrogens is 2. The Morgan fingerprint density at radius 3 is 2.60 bits per heavy atom. The number of hydrogen-bond donors (Lipinski definition) is 1. The molecule has 1 fully saturated rings. The first-order valence-corrected chi connectivity index (χ1v) is 10.1. The smallest absolute Gasteiger partial charge is 0.293 e. The van der Waals surface area contributed by atoms with Crippen molar-refractivity contribution in [2.24, 2.45) is 0 Å². The minimum Gasteiger partial charge on any atom is -0.497 e. The van der Waals surface area contributed by atoms with Crippen LogP contribution in [0, 0.1) is 0 Å². The summed E-state index contributed by atoms with van der Waals surface area (Å²) in [7, 11) is 3.27. The van der Waals surface area contributed by atoms with Gasteiger partial charge in [0.2, 0.25) is 0 Å². The molecule has 0 aliphatic carbocycles. The van der Waals surface area contributed by atoms with Gasteiger partial charge in [-0.3, -0.25) is 0 Å². The summed E-state index contributed by atoms with van der Waals surface area (Å²) in [5.41, 5.74) is 2.86. The Labute approximate surface area is 177 Å². The fourth-order valence-corrected chi connectivity index (χ4v) is 3.71. The van der Waals surface area contributed by atoms with E-state index in [-0.39, 0.29) is 5.92 Å². The van der Waals surface area contributed by atoms with E-state index < -0.39 is 0 Å². The SMILES string of the molecule is COc1cccc(Nc2cc(-c3ccccc3)nc(C3CCN([B]C=O)CC3)n2)c1. The van der Waals surface area contributed by atoms with E-state index >= 15 is 0 Å². The highest BCUT2D eigenvalue weighted by Gasteiger charge is 2.24. The highest BCUT2D eigenvalue weighted by Crippen LogP contribution is 2.30. The van der Waals surface area contributed by atoms with Crippen molar-refractivity contribution in [1.29, 1.82) is 0 Å². The lowest BCUT2D eigenvalue weighted by Gasteiger charge is -2.30. The molecule has 0 bridgehead atoms.